The summed E-state index contributed by atoms with van der Waals surface area (Å²) < 4.78 is 16.6. The predicted molar refractivity (Wildman–Crippen MR) is 78.1 cm³/mol. The van der Waals surface area contributed by atoms with Crippen LogP contribution in [0.15, 0.2) is 34.9 Å². The van der Waals surface area contributed by atoms with Crippen molar-refractivity contribution in [2.24, 2.45) is 5.84 Å². The predicted octanol–water partition coefficient (Wildman–Crippen LogP) is 1.50. The van der Waals surface area contributed by atoms with Gasteiger partial charge in [-0.15, -0.1) is 0 Å². The number of nitrogen functional groups attached to an aromatic ring is 1. The summed E-state index contributed by atoms with van der Waals surface area (Å²) in [6.45, 7) is 1.27. The highest BCUT2D eigenvalue weighted by Crippen LogP contribution is 2.30. The summed E-state index contributed by atoms with van der Waals surface area (Å²) >= 11 is 0. The van der Waals surface area contributed by atoms with E-state index in [-0.39, 0.29) is 11.8 Å². The summed E-state index contributed by atoms with van der Waals surface area (Å²) in [5.74, 6) is 5.68. The molecule has 1 aliphatic heterocycles. The van der Waals surface area contributed by atoms with Gasteiger partial charge in [-0.3, -0.25) is 10.2 Å². The van der Waals surface area contributed by atoms with Crippen molar-refractivity contribution in [3.8, 4) is 17.1 Å². The molecule has 0 spiro atoms. The van der Waals surface area contributed by atoms with Gasteiger partial charge < -0.3 is 14.0 Å². The number of carbonyl (C=O) groups excluding carboxylic acids is 1. The number of para-hydroxylation sites is 1. The Morgan fingerprint density at radius 2 is 2.32 bits per heavy atom. The van der Waals surface area contributed by atoms with E-state index in [1.165, 1.54) is 6.07 Å². The molecule has 1 unspecified atom stereocenters. The fraction of sp³-hybridized carbons (Fsp3) is 0.333. The molecular weight excluding hydrogens is 286 g/mol. The molecular formula is C15H17N3O4. The highest BCUT2D eigenvalue weighted by atomic mass is 16.5. The average Bonchev–Trinajstić information content (AvgIpc) is 3.24. The van der Waals surface area contributed by atoms with Gasteiger partial charge in [0.15, 0.2) is 11.5 Å². The number of rotatable bonds is 5. The Bertz CT molecular complexity index is 650. The second kappa shape index (κ2) is 6.59. The molecule has 1 fully saturated rings. The van der Waals surface area contributed by atoms with E-state index in [1.807, 2.05) is 29.7 Å². The molecule has 2 heterocycles. The van der Waals surface area contributed by atoms with Gasteiger partial charge in [0.1, 0.15) is 12.4 Å². The zero-order valence-corrected chi connectivity index (χ0v) is 12.0. The van der Waals surface area contributed by atoms with Crippen LogP contribution in [0.4, 0.5) is 0 Å². The number of ether oxygens (including phenoxy) is 2. The quantitative estimate of drug-likeness (QED) is 0.493. The summed E-state index contributed by atoms with van der Waals surface area (Å²) in [5, 5.41) is 3.69. The van der Waals surface area contributed by atoms with Gasteiger partial charge in [0.05, 0.1) is 11.7 Å². The number of hydrogen-bond donors (Lipinski definition) is 2. The minimum Gasteiger partial charge on any atom is -0.490 e. The maximum absolute atomic E-state index is 11.4. The number of hydrazine groups is 1. The zero-order chi connectivity index (χ0) is 15.4. The van der Waals surface area contributed by atoms with Gasteiger partial charge in [0.25, 0.3) is 5.91 Å². The van der Waals surface area contributed by atoms with Gasteiger partial charge in [-0.1, -0.05) is 17.3 Å². The van der Waals surface area contributed by atoms with Crippen molar-refractivity contribution in [3.05, 3.63) is 36.0 Å². The number of nitrogens with two attached hydrogens (primary N) is 1. The van der Waals surface area contributed by atoms with Gasteiger partial charge >= 0.3 is 0 Å². The first-order valence-electron chi connectivity index (χ1n) is 7.09. The van der Waals surface area contributed by atoms with Crippen molar-refractivity contribution in [1.29, 1.82) is 0 Å². The molecule has 1 aliphatic rings. The summed E-state index contributed by atoms with van der Waals surface area (Å²) in [6, 6.07) is 8.94. The van der Waals surface area contributed by atoms with Crippen molar-refractivity contribution in [2.45, 2.75) is 18.9 Å². The Hall–Kier alpha value is -2.38. The number of nitrogens with one attached hydrogen (secondary N) is 1. The fourth-order valence-electron chi connectivity index (χ4n) is 2.34. The highest BCUT2D eigenvalue weighted by Gasteiger charge is 2.19. The Kier molecular flexibility index (Phi) is 4.36. The Balaban J connectivity index is 1.78. The lowest BCUT2D eigenvalue weighted by molar-refractivity contribution is 0.0681. The van der Waals surface area contributed by atoms with E-state index in [2.05, 4.69) is 5.16 Å². The minimum atomic E-state index is -0.507. The number of hydrogen-bond acceptors (Lipinski definition) is 6. The maximum Gasteiger partial charge on any atom is 0.287 e. The van der Waals surface area contributed by atoms with E-state index in [0.29, 0.717) is 18.1 Å². The van der Waals surface area contributed by atoms with Crippen molar-refractivity contribution >= 4 is 5.91 Å². The lowest BCUT2D eigenvalue weighted by atomic mass is 10.1. The molecule has 1 amide bonds. The molecule has 116 valence electrons. The second-order valence-electron chi connectivity index (χ2n) is 4.99. The largest absolute Gasteiger partial charge is 0.490 e. The summed E-state index contributed by atoms with van der Waals surface area (Å²) in [5.41, 5.74) is 2.86. The number of aromatic nitrogens is 1. The molecule has 2 aromatic rings. The average molecular weight is 303 g/mol. The lowest BCUT2D eigenvalue weighted by Crippen LogP contribution is -2.30. The molecule has 1 aromatic carbocycles. The summed E-state index contributed by atoms with van der Waals surface area (Å²) in [6.07, 6.45) is 2.20. The third-order valence-electron chi connectivity index (χ3n) is 3.48. The normalized spacial score (nSPS) is 17.4. The molecule has 0 saturated carbocycles. The Morgan fingerprint density at radius 1 is 1.45 bits per heavy atom. The van der Waals surface area contributed by atoms with Crippen LogP contribution in [0.2, 0.25) is 0 Å². The monoisotopic (exact) mass is 303 g/mol. The first-order chi connectivity index (χ1) is 10.8. The van der Waals surface area contributed by atoms with E-state index >= 15 is 0 Å². The van der Waals surface area contributed by atoms with Crippen LogP contribution >= 0.6 is 0 Å². The van der Waals surface area contributed by atoms with E-state index in [9.17, 15) is 4.79 Å². The van der Waals surface area contributed by atoms with Crippen LogP contribution < -0.4 is 16.0 Å². The number of benzene rings is 1. The molecule has 3 N–H and O–H groups in total. The van der Waals surface area contributed by atoms with Crippen molar-refractivity contribution in [1.82, 2.24) is 10.6 Å². The summed E-state index contributed by atoms with van der Waals surface area (Å²) in [7, 11) is 0. The lowest BCUT2D eigenvalue weighted by Gasteiger charge is -2.13. The first kappa shape index (κ1) is 14.6. The van der Waals surface area contributed by atoms with Gasteiger partial charge in [-0.2, -0.15) is 0 Å². The van der Waals surface area contributed by atoms with E-state index < -0.39 is 5.91 Å². The molecule has 0 radical (unpaired) electrons. The van der Waals surface area contributed by atoms with E-state index in [0.717, 1.165) is 25.0 Å². The van der Waals surface area contributed by atoms with Gasteiger partial charge in [-0.25, -0.2) is 5.84 Å². The van der Waals surface area contributed by atoms with Crippen LogP contribution in [0.25, 0.3) is 11.3 Å². The smallest absolute Gasteiger partial charge is 0.287 e. The molecule has 3 rings (SSSR count). The number of carbonyl (C=O) groups is 1. The maximum atomic E-state index is 11.4. The third-order valence-corrected chi connectivity index (χ3v) is 3.48. The zero-order valence-electron chi connectivity index (χ0n) is 12.0. The highest BCUT2D eigenvalue weighted by molar-refractivity contribution is 5.92. The van der Waals surface area contributed by atoms with E-state index in [4.69, 9.17) is 19.8 Å². The third kappa shape index (κ3) is 3.10. The van der Waals surface area contributed by atoms with Crippen LogP contribution in [-0.2, 0) is 4.74 Å². The number of nitrogens with zero attached hydrogens (tertiary/aromatic N) is 1. The van der Waals surface area contributed by atoms with Crippen LogP contribution in [0.3, 0.4) is 0 Å². The molecule has 1 aromatic heterocycles. The van der Waals surface area contributed by atoms with Crippen LogP contribution in [-0.4, -0.2) is 30.4 Å². The fourth-order valence-corrected chi connectivity index (χ4v) is 2.34. The van der Waals surface area contributed by atoms with Gasteiger partial charge in [0, 0.05) is 12.7 Å². The first-order valence-corrected chi connectivity index (χ1v) is 7.09. The topological polar surface area (TPSA) is 99.6 Å². The van der Waals surface area contributed by atoms with E-state index in [1.54, 1.807) is 0 Å². The van der Waals surface area contributed by atoms with Crippen molar-refractivity contribution in [2.75, 3.05) is 13.2 Å². The molecule has 1 atom stereocenters. The van der Waals surface area contributed by atoms with Gasteiger partial charge in [0.2, 0.25) is 0 Å². The van der Waals surface area contributed by atoms with Crippen LogP contribution in [0.1, 0.15) is 23.3 Å². The Labute approximate surface area is 127 Å². The molecule has 22 heavy (non-hydrogen) atoms. The van der Waals surface area contributed by atoms with Gasteiger partial charge in [-0.05, 0) is 25.0 Å². The standard InChI is InChI=1S/C15H17N3O4/c16-17-15(19)12-8-14(22-18-12)11-5-1-2-6-13(11)21-9-10-4-3-7-20-10/h1-2,5-6,8,10H,3-4,7,9,16H2,(H,17,19). The number of amides is 1. The van der Waals surface area contributed by atoms with Crippen LogP contribution in [0, 0.1) is 0 Å². The second-order valence-corrected chi connectivity index (χ2v) is 4.99. The molecule has 7 heteroatoms. The SMILES string of the molecule is NNC(=O)c1cc(-c2ccccc2OCC2CCCO2)on1. The summed E-state index contributed by atoms with van der Waals surface area (Å²) in [4.78, 5) is 11.4. The Morgan fingerprint density at radius 3 is 3.09 bits per heavy atom. The molecule has 1 saturated heterocycles. The molecule has 7 nitrogen and oxygen atoms in total. The molecule has 0 aliphatic carbocycles. The molecule has 0 bridgehead atoms. The van der Waals surface area contributed by atoms with Crippen LogP contribution in [0.5, 0.6) is 5.75 Å². The van der Waals surface area contributed by atoms with Crippen molar-refractivity contribution in [3.63, 3.8) is 0 Å². The van der Waals surface area contributed by atoms with Crippen molar-refractivity contribution < 1.29 is 18.8 Å². The minimum absolute atomic E-state index is 0.117.